The van der Waals surface area contributed by atoms with Gasteiger partial charge in [0.1, 0.15) is 5.00 Å². The predicted octanol–water partition coefficient (Wildman–Crippen LogP) is 4.28. The van der Waals surface area contributed by atoms with Crippen LogP contribution < -0.4 is 5.32 Å². The van der Waals surface area contributed by atoms with E-state index in [1.807, 2.05) is 6.92 Å². The lowest BCUT2D eigenvalue weighted by molar-refractivity contribution is 0.101. The summed E-state index contributed by atoms with van der Waals surface area (Å²) in [4.78, 5) is 11.6. The molecule has 3 nitrogen and oxygen atoms in total. The lowest BCUT2D eigenvalue weighted by Gasteiger charge is -2.26. The van der Waals surface area contributed by atoms with Crippen LogP contribution in [0.5, 0.6) is 0 Å². The molecule has 0 aliphatic heterocycles. The van der Waals surface area contributed by atoms with Gasteiger partial charge in [-0.05, 0) is 50.1 Å². The molecule has 19 heavy (non-hydrogen) atoms. The number of hydrogen-bond donors (Lipinski definition) is 1. The second-order valence-electron chi connectivity index (χ2n) is 5.88. The topological polar surface area (TPSA) is 42.0 Å². The van der Waals surface area contributed by atoms with Crippen molar-refractivity contribution in [2.24, 2.45) is 11.8 Å². The molecular weight excluding hydrogens is 256 g/mol. The molecule has 106 valence electrons. The van der Waals surface area contributed by atoms with Crippen LogP contribution in [-0.2, 0) is 0 Å². The van der Waals surface area contributed by atoms with Crippen LogP contribution in [0, 0.1) is 18.8 Å². The van der Waals surface area contributed by atoms with Gasteiger partial charge in [0.15, 0.2) is 5.78 Å². The second-order valence-corrected chi connectivity index (χ2v) is 6.65. The average molecular weight is 280 g/mol. The van der Waals surface area contributed by atoms with Crippen LogP contribution in [0.3, 0.4) is 0 Å². The Morgan fingerprint density at radius 1 is 1.47 bits per heavy atom. The van der Waals surface area contributed by atoms with E-state index in [1.165, 1.54) is 43.6 Å². The molecule has 2 atom stereocenters. The van der Waals surface area contributed by atoms with Crippen LogP contribution in [0.1, 0.15) is 62.0 Å². The van der Waals surface area contributed by atoms with Gasteiger partial charge in [-0.15, -0.1) is 0 Å². The zero-order valence-corrected chi connectivity index (χ0v) is 13.0. The molecule has 1 aromatic heterocycles. The molecule has 1 heterocycles. The van der Waals surface area contributed by atoms with Crippen LogP contribution >= 0.6 is 11.5 Å². The Morgan fingerprint density at radius 2 is 2.26 bits per heavy atom. The fourth-order valence-electron chi connectivity index (χ4n) is 3.12. The Bertz CT molecular complexity index is 441. The predicted molar refractivity (Wildman–Crippen MR) is 81.1 cm³/mol. The first-order chi connectivity index (χ1) is 9.08. The standard InChI is InChI=1S/C15H24N2OS/c1-10-5-4-6-13(9-10)7-8-16-15-14(12(3)18)11(2)17-19-15/h10,13,16H,4-9H2,1-3H3. The Kier molecular flexibility index (Phi) is 4.97. The number of anilines is 1. The van der Waals surface area contributed by atoms with Crippen molar-refractivity contribution >= 4 is 22.3 Å². The van der Waals surface area contributed by atoms with Crippen molar-refractivity contribution in [2.75, 3.05) is 11.9 Å². The lowest BCUT2D eigenvalue weighted by atomic mass is 9.81. The molecule has 0 saturated heterocycles. The van der Waals surface area contributed by atoms with E-state index < -0.39 is 0 Å². The Hall–Kier alpha value is -0.900. The van der Waals surface area contributed by atoms with Crippen molar-refractivity contribution in [3.8, 4) is 0 Å². The Balaban J connectivity index is 1.84. The van der Waals surface area contributed by atoms with E-state index >= 15 is 0 Å². The minimum absolute atomic E-state index is 0.111. The molecule has 4 heteroatoms. The van der Waals surface area contributed by atoms with Gasteiger partial charge in [0, 0.05) is 6.54 Å². The first-order valence-electron chi connectivity index (χ1n) is 7.29. The molecule has 0 radical (unpaired) electrons. The smallest absolute Gasteiger partial charge is 0.164 e. The molecule has 0 aromatic carbocycles. The largest absolute Gasteiger partial charge is 0.375 e. The maximum Gasteiger partial charge on any atom is 0.164 e. The van der Waals surface area contributed by atoms with Gasteiger partial charge in [0.2, 0.25) is 0 Å². The average Bonchev–Trinajstić information content (AvgIpc) is 2.71. The van der Waals surface area contributed by atoms with E-state index in [9.17, 15) is 4.79 Å². The van der Waals surface area contributed by atoms with E-state index in [4.69, 9.17) is 0 Å². The van der Waals surface area contributed by atoms with Gasteiger partial charge in [-0.25, -0.2) is 0 Å². The van der Waals surface area contributed by atoms with Gasteiger partial charge in [0.05, 0.1) is 11.3 Å². The summed E-state index contributed by atoms with van der Waals surface area (Å²) in [5.41, 5.74) is 1.63. The Morgan fingerprint density at radius 3 is 2.95 bits per heavy atom. The van der Waals surface area contributed by atoms with Gasteiger partial charge < -0.3 is 5.32 Å². The highest BCUT2D eigenvalue weighted by atomic mass is 32.1. The molecule has 1 N–H and O–H groups in total. The number of rotatable bonds is 5. The summed E-state index contributed by atoms with van der Waals surface area (Å²) < 4.78 is 4.27. The molecule has 0 spiro atoms. The molecule has 1 fully saturated rings. The van der Waals surface area contributed by atoms with Crippen LogP contribution in [-0.4, -0.2) is 16.7 Å². The van der Waals surface area contributed by atoms with Crippen molar-refractivity contribution in [2.45, 2.75) is 52.9 Å². The highest BCUT2D eigenvalue weighted by Crippen LogP contribution is 2.31. The third kappa shape index (κ3) is 3.78. The minimum atomic E-state index is 0.111. The van der Waals surface area contributed by atoms with Gasteiger partial charge in [-0.2, -0.15) is 4.37 Å². The number of carbonyl (C=O) groups excluding carboxylic acids is 1. The van der Waals surface area contributed by atoms with Crippen LogP contribution in [0.15, 0.2) is 0 Å². The monoisotopic (exact) mass is 280 g/mol. The zero-order valence-electron chi connectivity index (χ0n) is 12.2. The van der Waals surface area contributed by atoms with Crippen molar-refractivity contribution in [1.82, 2.24) is 4.37 Å². The summed E-state index contributed by atoms with van der Waals surface area (Å²) >= 11 is 1.41. The number of hydrogen-bond acceptors (Lipinski definition) is 4. The normalized spacial score (nSPS) is 23.3. The van der Waals surface area contributed by atoms with Crippen LogP contribution in [0.4, 0.5) is 5.00 Å². The van der Waals surface area contributed by atoms with E-state index in [0.29, 0.717) is 0 Å². The molecule has 1 saturated carbocycles. The first kappa shape index (κ1) is 14.5. The van der Waals surface area contributed by atoms with Crippen LogP contribution in [0.25, 0.3) is 0 Å². The van der Waals surface area contributed by atoms with Gasteiger partial charge in [0.25, 0.3) is 0 Å². The Labute approximate surface area is 120 Å². The number of Topliss-reactive ketones (excluding diaryl/α,β-unsaturated/α-hetero) is 1. The number of nitrogens with zero attached hydrogens (tertiary/aromatic N) is 1. The van der Waals surface area contributed by atoms with E-state index in [1.54, 1.807) is 6.92 Å². The molecule has 1 aliphatic carbocycles. The molecule has 0 bridgehead atoms. The van der Waals surface area contributed by atoms with Crippen molar-refractivity contribution in [3.05, 3.63) is 11.3 Å². The first-order valence-corrected chi connectivity index (χ1v) is 8.06. The molecule has 1 aromatic rings. The molecule has 2 unspecified atom stereocenters. The fourth-order valence-corrected chi connectivity index (χ4v) is 3.99. The van der Waals surface area contributed by atoms with Crippen LogP contribution in [0.2, 0.25) is 0 Å². The molecule has 0 amide bonds. The molecular formula is C15H24N2OS. The number of nitrogens with one attached hydrogen (secondary N) is 1. The maximum absolute atomic E-state index is 11.6. The highest BCUT2D eigenvalue weighted by molar-refractivity contribution is 7.10. The quantitative estimate of drug-likeness (QED) is 0.818. The van der Waals surface area contributed by atoms with Crippen molar-refractivity contribution in [1.29, 1.82) is 0 Å². The van der Waals surface area contributed by atoms with Crippen molar-refractivity contribution < 1.29 is 4.79 Å². The third-order valence-corrected chi connectivity index (χ3v) is 4.99. The highest BCUT2D eigenvalue weighted by Gasteiger charge is 2.19. The SMILES string of the molecule is CC(=O)c1c(C)nsc1NCCC1CCCC(C)C1. The second kappa shape index (κ2) is 6.51. The van der Waals surface area contributed by atoms with Gasteiger partial charge in [-0.3, -0.25) is 4.79 Å². The maximum atomic E-state index is 11.6. The summed E-state index contributed by atoms with van der Waals surface area (Å²) in [6.45, 7) is 6.84. The van der Waals surface area contributed by atoms with Crippen molar-refractivity contribution in [3.63, 3.8) is 0 Å². The van der Waals surface area contributed by atoms with E-state index in [2.05, 4.69) is 16.6 Å². The summed E-state index contributed by atoms with van der Waals surface area (Å²) in [7, 11) is 0. The minimum Gasteiger partial charge on any atom is -0.375 e. The van der Waals surface area contributed by atoms with Gasteiger partial charge >= 0.3 is 0 Å². The number of ketones is 1. The van der Waals surface area contributed by atoms with E-state index in [0.717, 1.165) is 34.6 Å². The molecule has 1 aliphatic rings. The fraction of sp³-hybridized carbons (Fsp3) is 0.733. The van der Waals surface area contributed by atoms with Gasteiger partial charge in [-0.1, -0.05) is 26.2 Å². The lowest BCUT2D eigenvalue weighted by Crippen LogP contribution is -2.16. The number of aromatic nitrogens is 1. The zero-order chi connectivity index (χ0) is 13.8. The van der Waals surface area contributed by atoms with E-state index in [-0.39, 0.29) is 5.78 Å². The number of aryl methyl sites for hydroxylation is 1. The summed E-state index contributed by atoms with van der Waals surface area (Å²) in [6, 6.07) is 0. The summed E-state index contributed by atoms with van der Waals surface area (Å²) in [5.74, 6) is 1.85. The summed E-state index contributed by atoms with van der Waals surface area (Å²) in [5, 5.41) is 4.37. The summed E-state index contributed by atoms with van der Waals surface area (Å²) in [6.07, 6.45) is 6.71. The number of carbonyl (C=O) groups is 1. The third-order valence-electron chi connectivity index (χ3n) is 4.10. The molecule has 2 rings (SSSR count).